The Morgan fingerprint density at radius 1 is 0.533 bits per heavy atom. The summed E-state index contributed by atoms with van der Waals surface area (Å²) >= 11 is 0. The second-order valence-corrected chi connectivity index (χ2v) is 3.15. The standard InChI is InChI=1S/C14H12.ClH/c1-3-7-13(8-4-1)11-12-14-9-5-2-6-10-14;/h1-12H;1H. The fourth-order valence-corrected chi connectivity index (χ4v) is 1.32. The highest BCUT2D eigenvalue weighted by Crippen LogP contribution is 2.06. The van der Waals surface area contributed by atoms with Crippen LogP contribution >= 0.6 is 12.4 Å². The smallest absolute Gasteiger partial charge is 0.0256 e. The van der Waals surface area contributed by atoms with Crippen molar-refractivity contribution >= 4 is 24.6 Å². The van der Waals surface area contributed by atoms with Crippen molar-refractivity contribution in [3.8, 4) is 0 Å². The molecule has 0 spiro atoms. The molecule has 2 aromatic carbocycles. The van der Waals surface area contributed by atoms with Crippen LogP contribution in [-0.4, -0.2) is 0 Å². The van der Waals surface area contributed by atoms with E-state index in [1.807, 2.05) is 36.4 Å². The predicted molar refractivity (Wildman–Crippen MR) is 69.1 cm³/mol. The van der Waals surface area contributed by atoms with Gasteiger partial charge in [-0.2, -0.15) is 0 Å². The van der Waals surface area contributed by atoms with E-state index in [0.29, 0.717) is 0 Å². The first-order chi connectivity index (χ1) is 6.95. The zero-order valence-electron chi connectivity index (χ0n) is 8.34. The van der Waals surface area contributed by atoms with Crippen LogP contribution in [0, 0.1) is 0 Å². The van der Waals surface area contributed by atoms with Crippen LogP contribution in [0.15, 0.2) is 60.7 Å². The summed E-state index contributed by atoms with van der Waals surface area (Å²) in [6, 6.07) is 20.6. The van der Waals surface area contributed by atoms with Crippen molar-refractivity contribution < 1.29 is 0 Å². The molecular weight excluding hydrogens is 204 g/mol. The lowest BCUT2D eigenvalue weighted by atomic mass is 10.1. The maximum absolute atomic E-state index is 2.12. The fraction of sp³-hybridized carbons (Fsp3) is 0. The third kappa shape index (κ3) is 3.61. The van der Waals surface area contributed by atoms with Crippen LogP contribution in [0.1, 0.15) is 11.1 Å². The largest absolute Gasteiger partial charge is 0.147 e. The number of benzene rings is 2. The number of halogens is 1. The topological polar surface area (TPSA) is 0 Å². The minimum atomic E-state index is 0. The highest BCUT2D eigenvalue weighted by Gasteiger charge is 1.84. The lowest BCUT2D eigenvalue weighted by Crippen LogP contribution is -1.70. The molecule has 0 aliphatic heterocycles. The molecule has 0 aromatic heterocycles. The highest BCUT2D eigenvalue weighted by atomic mass is 35.5. The molecule has 1 heteroatoms. The summed E-state index contributed by atoms with van der Waals surface area (Å²) in [6.45, 7) is 0. The Balaban J connectivity index is 0.00000112. The van der Waals surface area contributed by atoms with Crippen molar-refractivity contribution in [1.29, 1.82) is 0 Å². The number of hydrogen-bond donors (Lipinski definition) is 0. The molecule has 0 amide bonds. The molecule has 0 atom stereocenters. The maximum atomic E-state index is 2.12. The second kappa shape index (κ2) is 6.05. The van der Waals surface area contributed by atoms with E-state index in [1.54, 1.807) is 0 Å². The molecule has 2 rings (SSSR count). The lowest BCUT2D eigenvalue weighted by molar-refractivity contribution is 1.65. The van der Waals surface area contributed by atoms with Gasteiger partial charge in [-0.05, 0) is 11.1 Å². The molecule has 0 bridgehead atoms. The highest BCUT2D eigenvalue weighted by molar-refractivity contribution is 5.85. The Labute approximate surface area is 96.7 Å². The Morgan fingerprint density at radius 2 is 0.867 bits per heavy atom. The molecule has 0 unspecified atom stereocenters. The molecule has 0 nitrogen and oxygen atoms in total. The molecule has 0 saturated carbocycles. The second-order valence-electron chi connectivity index (χ2n) is 3.15. The molecule has 0 aliphatic carbocycles. The van der Waals surface area contributed by atoms with E-state index >= 15 is 0 Å². The van der Waals surface area contributed by atoms with Crippen LogP contribution in [0.25, 0.3) is 12.2 Å². The van der Waals surface area contributed by atoms with Crippen LogP contribution < -0.4 is 0 Å². The van der Waals surface area contributed by atoms with Gasteiger partial charge in [0.05, 0.1) is 0 Å². The molecule has 0 heterocycles. The van der Waals surface area contributed by atoms with E-state index in [4.69, 9.17) is 0 Å². The number of rotatable bonds is 2. The van der Waals surface area contributed by atoms with Crippen molar-refractivity contribution in [2.75, 3.05) is 0 Å². The van der Waals surface area contributed by atoms with Crippen molar-refractivity contribution in [3.63, 3.8) is 0 Å². The molecule has 0 aliphatic rings. The molecule has 0 N–H and O–H groups in total. The zero-order valence-corrected chi connectivity index (χ0v) is 9.15. The van der Waals surface area contributed by atoms with Gasteiger partial charge in [0, 0.05) is 0 Å². The minimum Gasteiger partial charge on any atom is -0.147 e. The van der Waals surface area contributed by atoms with Crippen LogP contribution in [-0.2, 0) is 0 Å². The van der Waals surface area contributed by atoms with Gasteiger partial charge in [-0.25, -0.2) is 0 Å². The van der Waals surface area contributed by atoms with E-state index in [2.05, 4.69) is 36.4 Å². The van der Waals surface area contributed by atoms with Crippen LogP contribution in [0.2, 0.25) is 0 Å². The van der Waals surface area contributed by atoms with Crippen molar-refractivity contribution in [1.82, 2.24) is 0 Å². The molecule has 2 aromatic rings. The molecule has 15 heavy (non-hydrogen) atoms. The molecular formula is C14H13Cl. The molecule has 0 saturated heterocycles. The summed E-state index contributed by atoms with van der Waals surface area (Å²) in [6.07, 6.45) is 4.24. The van der Waals surface area contributed by atoms with Gasteiger partial charge >= 0.3 is 0 Å². The Morgan fingerprint density at radius 3 is 1.20 bits per heavy atom. The van der Waals surface area contributed by atoms with Gasteiger partial charge in [-0.15, -0.1) is 12.4 Å². The third-order valence-corrected chi connectivity index (χ3v) is 2.07. The fourth-order valence-electron chi connectivity index (χ4n) is 1.32. The third-order valence-electron chi connectivity index (χ3n) is 2.07. The SMILES string of the molecule is C(=Cc1ccccc1)c1ccccc1.Cl. The summed E-state index contributed by atoms with van der Waals surface area (Å²) in [7, 11) is 0. The minimum absolute atomic E-state index is 0. The Kier molecular flexibility index (Phi) is 4.65. The normalized spacial score (nSPS) is 9.87. The van der Waals surface area contributed by atoms with Gasteiger partial charge in [0.25, 0.3) is 0 Å². The van der Waals surface area contributed by atoms with Crippen LogP contribution in [0.5, 0.6) is 0 Å². The van der Waals surface area contributed by atoms with Crippen LogP contribution in [0.4, 0.5) is 0 Å². The average Bonchev–Trinajstić information content (AvgIpc) is 2.29. The first-order valence-corrected chi connectivity index (χ1v) is 4.73. The molecule has 76 valence electrons. The van der Waals surface area contributed by atoms with Gasteiger partial charge in [-0.1, -0.05) is 72.8 Å². The number of hydrogen-bond acceptors (Lipinski definition) is 0. The Bertz CT molecular complexity index is 362. The molecule has 0 radical (unpaired) electrons. The van der Waals surface area contributed by atoms with Gasteiger partial charge < -0.3 is 0 Å². The average molecular weight is 217 g/mol. The van der Waals surface area contributed by atoms with E-state index in [-0.39, 0.29) is 12.4 Å². The Hall–Kier alpha value is -1.53. The van der Waals surface area contributed by atoms with E-state index < -0.39 is 0 Å². The van der Waals surface area contributed by atoms with E-state index in [9.17, 15) is 0 Å². The van der Waals surface area contributed by atoms with Crippen LogP contribution in [0.3, 0.4) is 0 Å². The first kappa shape index (κ1) is 11.5. The van der Waals surface area contributed by atoms with E-state index in [0.717, 1.165) is 0 Å². The quantitative estimate of drug-likeness (QED) is 0.658. The summed E-state index contributed by atoms with van der Waals surface area (Å²) in [5.41, 5.74) is 2.47. The van der Waals surface area contributed by atoms with Crippen molar-refractivity contribution in [3.05, 3.63) is 71.8 Å². The molecule has 0 fully saturated rings. The summed E-state index contributed by atoms with van der Waals surface area (Å²) in [5.74, 6) is 0. The summed E-state index contributed by atoms with van der Waals surface area (Å²) in [5, 5.41) is 0. The summed E-state index contributed by atoms with van der Waals surface area (Å²) in [4.78, 5) is 0. The van der Waals surface area contributed by atoms with Gasteiger partial charge in [0.2, 0.25) is 0 Å². The van der Waals surface area contributed by atoms with Crippen molar-refractivity contribution in [2.45, 2.75) is 0 Å². The van der Waals surface area contributed by atoms with Gasteiger partial charge in [-0.3, -0.25) is 0 Å². The van der Waals surface area contributed by atoms with Crippen molar-refractivity contribution in [2.24, 2.45) is 0 Å². The van der Waals surface area contributed by atoms with Gasteiger partial charge in [0.15, 0.2) is 0 Å². The van der Waals surface area contributed by atoms with Gasteiger partial charge in [0.1, 0.15) is 0 Å². The zero-order chi connectivity index (χ0) is 9.64. The monoisotopic (exact) mass is 216 g/mol. The van der Waals surface area contributed by atoms with E-state index in [1.165, 1.54) is 11.1 Å². The first-order valence-electron chi connectivity index (χ1n) is 4.73. The summed E-state index contributed by atoms with van der Waals surface area (Å²) < 4.78 is 0. The predicted octanol–water partition coefficient (Wildman–Crippen LogP) is 4.28. The lowest BCUT2D eigenvalue weighted by Gasteiger charge is -1.92. The maximum Gasteiger partial charge on any atom is -0.0256 e.